The predicted molar refractivity (Wildman–Crippen MR) is 72.0 cm³/mol. The Labute approximate surface area is 122 Å². The second-order valence-electron chi connectivity index (χ2n) is 6.28. The molecule has 1 N–H and O–H groups in total. The van der Waals surface area contributed by atoms with Gasteiger partial charge in [0.1, 0.15) is 11.6 Å². The summed E-state index contributed by atoms with van der Waals surface area (Å²) in [7, 11) is 0. The van der Waals surface area contributed by atoms with E-state index in [1.165, 1.54) is 0 Å². The van der Waals surface area contributed by atoms with E-state index in [1.54, 1.807) is 4.57 Å². The highest BCUT2D eigenvalue weighted by Crippen LogP contribution is 2.39. The summed E-state index contributed by atoms with van der Waals surface area (Å²) in [4.78, 5) is 0. The number of aryl methyl sites for hydroxylation is 1. The Morgan fingerprint density at radius 2 is 2.19 bits per heavy atom. The van der Waals surface area contributed by atoms with Crippen LogP contribution < -0.4 is 5.32 Å². The Morgan fingerprint density at radius 1 is 1.38 bits per heavy atom. The first-order valence-corrected chi connectivity index (χ1v) is 7.66. The van der Waals surface area contributed by atoms with Crippen molar-refractivity contribution in [3.05, 3.63) is 11.6 Å². The van der Waals surface area contributed by atoms with E-state index in [4.69, 9.17) is 0 Å². The molecule has 0 amide bonds. The molecule has 2 aliphatic rings. The van der Waals surface area contributed by atoms with Crippen LogP contribution in [0.25, 0.3) is 0 Å². The highest BCUT2D eigenvalue weighted by atomic mass is 19.4. The number of hydrogen-bond donors (Lipinski definition) is 1. The quantitative estimate of drug-likeness (QED) is 0.932. The van der Waals surface area contributed by atoms with Gasteiger partial charge in [-0.3, -0.25) is 0 Å². The zero-order valence-electron chi connectivity index (χ0n) is 12.2. The van der Waals surface area contributed by atoms with Crippen molar-refractivity contribution >= 4 is 0 Å². The van der Waals surface area contributed by atoms with Crippen LogP contribution in [0.3, 0.4) is 0 Å². The lowest BCUT2D eigenvalue weighted by atomic mass is 9.81. The monoisotopic (exact) mass is 302 g/mol. The number of halogens is 3. The van der Waals surface area contributed by atoms with Gasteiger partial charge in [-0.05, 0) is 25.8 Å². The second kappa shape index (κ2) is 5.26. The molecule has 4 nitrogen and oxygen atoms in total. The largest absolute Gasteiger partial charge is 0.393 e. The van der Waals surface area contributed by atoms with Crippen molar-refractivity contribution < 1.29 is 13.2 Å². The lowest BCUT2D eigenvalue weighted by molar-refractivity contribution is -0.182. The average Bonchev–Trinajstić information content (AvgIpc) is 3.04. The van der Waals surface area contributed by atoms with E-state index >= 15 is 0 Å². The summed E-state index contributed by atoms with van der Waals surface area (Å²) in [5.41, 5.74) is -0.145. The molecule has 3 heterocycles. The fraction of sp³-hybridized carbons (Fsp3) is 0.857. The molecule has 1 saturated heterocycles. The highest BCUT2D eigenvalue weighted by Gasteiger charge is 2.45. The SMILES string of the molecule is CCCC1(c2nnc3n2CC(C(F)(F)F)CC3)CCNC1. The van der Waals surface area contributed by atoms with Gasteiger partial charge in [-0.2, -0.15) is 13.2 Å². The van der Waals surface area contributed by atoms with Crippen LogP contribution in [0.1, 0.15) is 44.3 Å². The van der Waals surface area contributed by atoms with Gasteiger partial charge in [0.2, 0.25) is 0 Å². The fourth-order valence-corrected chi connectivity index (χ4v) is 3.72. The summed E-state index contributed by atoms with van der Waals surface area (Å²) in [6, 6.07) is 0. The Balaban J connectivity index is 1.94. The van der Waals surface area contributed by atoms with Crippen LogP contribution in [0.15, 0.2) is 0 Å². The molecule has 0 spiro atoms. The van der Waals surface area contributed by atoms with Crippen molar-refractivity contribution in [2.45, 2.75) is 57.2 Å². The third kappa shape index (κ3) is 2.56. The van der Waals surface area contributed by atoms with Crippen LogP contribution in [0.4, 0.5) is 13.2 Å². The number of rotatable bonds is 3. The van der Waals surface area contributed by atoms with Crippen molar-refractivity contribution in [3.63, 3.8) is 0 Å². The maximum Gasteiger partial charge on any atom is 0.393 e. The van der Waals surface area contributed by atoms with Gasteiger partial charge in [-0.1, -0.05) is 13.3 Å². The van der Waals surface area contributed by atoms with Gasteiger partial charge in [-0.15, -0.1) is 10.2 Å². The van der Waals surface area contributed by atoms with Crippen molar-refractivity contribution in [2.24, 2.45) is 5.92 Å². The molecule has 118 valence electrons. The molecule has 1 aromatic heterocycles. The summed E-state index contributed by atoms with van der Waals surface area (Å²) in [6.07, 6.45) is -0.782. The third-order valence-electron chi connectivity index (χ3n) is 4.86. The van der Waals surface area contributed by atoms with Gasteiger partial charge >= 0.3 is 6.18 Å². The third-order valence-corrected chi connectivity index (χ3v) is 4.86. The Hall–Kier alpha value is -1.11. The Kier molecular flexibility index (Phi) is 3.71. The van der Waals surface area contributed by atoms with E-state index in [9.17, 15) is 13.2 Å². The standard InChI is InChI=1S/C14H21F3N4/c1-2-5-13(6-7-18-9-13)12-20-19-11-4-3-10(8-21(11)12)14(15,16)17/h10,18H,2-9H2,1H3. The number of alkyl halides is 3. The van der Waals surface area contributed by atoms with Crippen molar-refractivity contribution in [1.29, 1.82) is 0 Å². The molecule has 7 heteroatoms. The number of hydrogen-bond acceptors (Lipinski definition) is 3. The molecular weight excluding hydrogens is 281 g/mol. The molecule has 1 fully saturated rings. The minimum Gasteiger partial charge on any atom is -0.316 e. The molecule has 0 radical (unpaired) electrons. The lowest BCUT2D eigenvalue weighted by Crippen LogP contribution is -2.37. The van der Waals surface area contributed by atoms with Crippen molar-refractivity contribution in [1.82, 2.24) is 20.1 Å². The average molecular weight is 302 g/mol. The van der Waals surface area contributed by atoms with Gasteiger partial charge in [-0.25, -0.2) is 0 Å². The molecule has 0 bridgehead atoms. The molecule has 0 aliphatic carbocycles. The minimum atomic E-state index is -4.13. The zero-order chi connectivity index (χ0) is 15.1. The molecule has 2 atom stereocenters. The van der Waals surface area contributed by atoms with Gasteiger partial charge in [0.05, 0.1) is 5.92 Å². The predicted octanol–water partition coefficient (Wildman–Crippen LogP) is 2.43. The molecule has 0 aromatic carbocycles. The summed E-state index contributed by atoms with van der Waals surface area (Å²) in [5.74, 6) is 0.207. The van der Waals surface area contributed by atoms with Crippen LogP contribution in [0.5, 0.6) is 0 Å². The first kappa shape index (κ1) is 14.8. The fourth-order valence-electron chi connectivity index (χ4n) is 3.72. The van der Waals surface area contributed by atoms with E-state index < -0.39 is 12.1 Å². The maximum atomic E-state index is 13.0. The molecule has 0 saturated carbocycles. The maximum absolute atomic E-state index is 13.0. The van der Waals surface area contributed by atoms with E-state index in [0.29, 0.717) is 12.2 Å². The van der Waals surface area contributed by atoms with Gasteiger partial charge < -0.3 is 9.88 Å². The number of nitrogens with one attached hydrogen (secondary N) is 1. The van der Waals surface area contributed by atoms with E-state index in [-0.39, 0.29) is 18.4 Å². The van der Waals surface area contributed by atoms with Crippen LogP contribution in [0.2, 0.25) is 0 Å². The van der Waals surface area contributed by atoms with Crippen LogP contribution in [-0.4, -0.2) is 34.0 Å². The summed E-state index contributed by atoms with van der Waals surface area (Å²) >= 11 is 0. The first-order chi connectivity index (χ1) is 9.96. The summed E-state index contributed by atoms with van der Waals surface area (Å²) in [5, 5.41) is 11.8. The topological polar surface area (TPSA) is 42.7 Å². The number of nitrogens with zero attached hydrogens (tertiary/aromatic N) is 3. The van der Waals surface area contributed by atoms with Crippen LogP contribution in [-0.2, 0) is 18.4 Å². The zero-order valence-corrected chi connectivity index (χ0v) is 12.2. The second-order valence-corrected chi connectivity index (χ2v) is 6.28. The van der Waals surface area contributed by atoms with E-state index in [1.807, 2.05) is 0 Å². The van der Waals surface area contributed by atoms with E-state index in [0.717, 1.165) is 38.2 Å². The summed E-state index contributed by atoms with van der Waals surface area (Å²) < 4.78 is 40.8. The highest BCUT2D eigenvalue weighted by molar-refractivity contribution is 5.16. The lowest BCUT2D eigenvalue weighted by Gasteiger charge is -2.31. The van der Waals surface area contributed by atoms with E-state index in [2.05, 4.69) is 22.4 Å². The molecule has 2 aliphatic heterocycles. The normalized spacial score (nSPS) is 29.6. The molecule has 3 rings (SSSR count). The summed E-state index contributed by atoms with van der Waals surface area (Å²) in [6.45, 7) is 3.76. The number of aromatic nitrogens is 3. The smallest absolute Gasteiger partial charge is 0.316 e. The minimum absolute atomic E-state index is 0.0212. The van der Waals surface area contributed by atoms with Crippen LogP contribution in [0, 0.1) is 5.92 Å². The Bertz CT molecular complexity index is 503. The molecule has 2 unspecified atom stereocenters. The van der Waals surface area contributed by atoms with Gasteiger partial charge in [0.15, 0.2) is 0 Å². The van der Waals surface area contributed by atoms with Gasteiger partial charge in [0.25, 0.3) is 0 Å². The molecular formula is C14H21F3N4. The molecule has 21 heavy (non-hydrogen) atoms. The number of fused-ring (bicyclic) bond motifs is 1. The van der Waals surface area contributed by atoms with Crippen molar-refractivity contribution in [3.8, 4) is 0 Å². The molecule has 1 aromatic rings. The van der Waals surface area contributed by atoms with Crippen molar-refractivity contribution in [2.75, 3.05) is 13.1 Å². The van der Waals surface area contributed by atoms with Gasteiger partial charge in [0, 0.05) is 24.9 Å². The van der Waals surface area contributed by atoms with Crippen LogP contribution >= 0.6 is 0 Å². The first-order valence-electron chi connectivity index (χ1n) is 7.66. The Morgan fingerprint density at radius 3 is 2.81 bits per heavy atom.